The molecule has 3 N–H and O–H groups in total. The van der Waals surface area contributed by atoms with Gasteiger partial charge in [0, 0.05) is 13.7 Å². The monoisotopic (exact) mass is 298 g/mol. The first kappa shape index (κ1) is 16.5. The van der Waals surface area contributed by atoms with E-state index in [1.165, 1.54) is 26.4 Å². The Kier molecular flexibility index (Phi) is 6.48. The molecule has 0 heterocycles. The quantitative estimate of drug-likeness (QED) is 0.567. The number of methoxy groups -OCH3 is 2. The first-order chi connectivity index (χ1) is 9.55. The lowest BCUT2D eigenvalue weighted by atomic mass is 10.2. The maximum Gasteiger partial charge on any atom is 0.240 e. The van der Waals surface area contributed by atoms with Gasteiger partial charge in [-0.15, -0.1) is 0 Å². The van der Waals surface area contributed by atoms with Crippen LogP contribution in [0.2, 0.25) is 0 Å². The first-order valence-corrected chi connectivity index (χ1v) is 7.39. The molecule has 0 aliphatic heterocycles. The zero-order valence-corrected chi connectivity index (χ0v) is 12.3. The van der Waals surface area contributed by atoms with Crippen LogP contribution in [0.15, 0.2) is 23.1 Å². The SMILES string of the molecule is COCCNS(=O)(=O)c1ccc(OC)c(C#CCN)c1. The van der Waals surface area contributed by atoms with E-state index in [0.29, 0.717) is 17.9 Å². The molecule has 1 rings (SSSR count). The van der Waals surface area contributed by atoms with Gasteiger partial charge in [0.1, 0.15) is 5.75 Å². The van der Waals surface area contributed by atoms with Crippen molar-refractivity contribution in [2.75, 3.05) is 33.9 Å². The Bertz CT molecular complexity index is 603. The smallest absolute Gasteiger partial charge is 0.240 e. The van der Waals surface area contributed by atoms with Crippen LogP contribution < -0.4 is 15.2 Å². The largest absolute Gasteiger partial charge is 0.495 e. The van der Waals surface area contributed by atoms with Gasteiger partial charge < -0.3 is 15.2 Å². The molecule has 0 fully saturated rings. The predicted molar refractivity (Wildman–Crippen MR) is 76.0 cm³/mol. The van der Waals surface area contributed by atoms with Crippen LogP contribution in [-0.2, 0) is 14.8 Å². The van der Waals surface area contributed by atoms with Crippen LogP contribution in [0.25, 0.3) is 0 Å². The van der Waals surface area contributed by atoms with E-state index in [4.69, 9.17) is 15.2 Å². The highest BCUT2D eigenvalue weighted by atomic mass is 32.2. The average molecular weight is 298 g/mol. The summed E-state index contributed by atoms with van der Waals surface area (Å²) in [7, 11) is -0.593. The lowest BCUT2D eigenvalue weighted by Gasteiger charge is -2.09. The molecule has 0 saturated carbocycles. The van der Waals surface area contributed by atoms with Crippen LogP contribution in [0, 0.1) is 11.8 Å². The number of nitrogens with one attached hydrogen (secondary N) is 1. The molecule has 0 saturated heterocycles. The number of ether oxygens (including phenoxy) is 2. The van der Waals surface area contributed by atoms with E-state index < -0.39 is 10.0 Å². The second kappa shape index (κ2) is 7.87. The fourth-order valence-electron chi connectivity index (χ4n) is 1.46. The maximum absolute atomic E-state index is 12.1. The van der Waals surface area contributed by atoms with E-state index in [1.807, 2.05) is 0 Å². The molecule has 7 heteroatoms. The van der Waals surface area contributed by atoms with Crippen molar-refractivity contribution in [3.05, 3.63) is 23.8 Å². The molecule has 1 aromatic rings. The highest BCUT2D eigenvalue weighted by Crippen LogP contribution is 2.21. The molecular formula is C13H18N2O4S. The summed E-state index contributed by atoms with van der Waals surface area (Å²) in [6, 6.07) is 4.48. The van der Waals surface area contributed by atoms with Crippen LogP contribution >= 0.6 is 0 Å². The van der Waals surface area contributed by atoms with Crippen LogP contribution in [0.4, 0.5) is 0 Å². The molecule has 110 valence electrons. The molecule has 0 amide bonds. The Morgan fingerprint density at radius 2 is 2.10 bits per heavy atom. The van der Waals surface area contributed by atoms with E-state index in [-0.39, 0.29) is 18.0 Å². The topological polar surface area (TPSA) is 90.6 Å². The van der Waals surface area contributed by atoms with E-state index in [0.717, 1.165) is 0 Å². The third kappa shape index (κ3) is 4.51. The highest BCUT2D eigenvalue weighted by molar-refractivity contribution is 7.89. The molecule has 0 aliphatic rings. The minimum atomic E-state index is -3.59. The van der Waals surface area contributed by atoms with E-state index in [2.05, 4.69) is 16.6 Å². The van der Waals surface area contributed by atoms with Crippen molar-refractivity contribution in [2.24, 2.45) is 5.73 Å². The zero-order chi connectivity index (χ0) is 15.0. The molecule has 0 atom stereocenters. The van der Waals surface area contributed by atoms with Gasteiger partial charge in [-0.05, 0) is 18.2 Å². The maximum atomic E-state index is 12.1. The number of hydrogen-bond acceptors (Lipinski definition) is 5. The number of benzene rings is 1. The van der Waals surface area contributed by atoms with Crippen molar-refractivity contribution in [1.29, 1.82) is 0 Å². The van der Waals surface area contributed by atoms with Gasteiger partial charge >= 0.3 is 0 Å². The Morgan fingerprint density at radius 1 is 1.35 bits per heavy atom. The summed E-state index contributed by atoms with van der Waals surface area (Å²) in [6.07, 6.45) is 0. The molecule has 0 aliphatic carbocycles. The van der Waals surface area contributed by atoms with Gasteiger partial charge in [-0.2, -0.15) is 0 Å². The third-order valence-corrected chi connectivity index (χ3v) is 3.86. The number of hydrogen-bond donors (Lipinski definition) is 2. The molecule has 0 aromatic heterocycles. The molecule has 20 heavy (non-hydrogen) atoms. The minimum Gasteiger partial charge on any atom is -0.495 e. The van der Waals surface area contributed by atoms with E-state index in [1.54, 1.807) is 6.07 Å². The molecule has 0 spiro atoms. The van der Waals surface area contributed by atoms with Crippen molar-refractivity contribution in [2.45, 2.75) is 4.90 Å². The van der Waals surface area contributed by atoms with Crippen molar-refractivity contribution in [1.82, 2.24) is 4.72 Å². The van der Waals surface area contributed by atoms with Gasteiger partial charge in [-0.25, -0.2) is 13.1 Å². The van der Waals surface area contributed by atoms with Gasteiger partial charge in [0.2, 0.25) is 10.0 Å². The summed E-state index contributed by atoms with van der Waals surface area (Å²) in [4.78, 5) is 0.121. The second-order valence-corrected chi connectivity index (χ2v) is 5.53. The average Bonchev–Trinajstić information content (AvgIpc) is 2.44. The number of rotatable bonds is 6. The molecular weight excluding hydrogens is 280 g/mol. The lowest BCUT2D eigenvalue weighted by Crippen LogP contribution is -2.27. The van der Waals surface area contributed by atoms with Crippen molar-refractivity contribution < 1.29 is 17.9 Å². The summed E-state index contributed by atoms with van der Waals surface area (Å²) in [6.45, 7) is 0.691. The van der Waals surface area contributed by atoms with Gasteiger partial charge in [0.25, 0.3) is 0 Å². The first-order valence-electron chi connectivity index (χ1n) is 5.90. The summed E-state index contributed by atoms with van der Waals surface area (Å²) < 4.78 is 36.5. The summed E-state index contributed by atoms with van der Waals surface area (Å²) >= 11 is 0. The fraction of sp³-hybridized carbons (Fsp3) is 0.385. The minimum absolute atomic E-state index is 0.121. The van der Waals surface area contributed by atoms with Crippen molar-refractivity contribution >= 4 is 10.0 Å². The van der Waals surface area contributed by atoms with Crippen molar-refractivity contribution in [3.63, 3.8) is 0 Å². The van der Waals surface area contributed by atoms with Gasteiger partial charge in [-0.3, -0.25) is 0 Å². The Balaban J connectivity index is 3.07. The lowest BCUT2D eigenvalue weighted by molar-refractivity contribution is 0.204. The van der Waals surface area contributed by atoms with Crippen LogP contribution in [0.1, 0.15) is 5.56 Å². The van der Waals surface area contributed by atoms with Crippen LogP contribution in [0.3, 0.4) is 0 Å². The second-order valence-electron chi connectivity index (χ2n) is 3.76. The highest BCUT2D eigenvalue weighted by Gasteiger charge is 2.15. The zero-order valence-electron chi connectivity index (χ0n) is 11.5. The Labute approximate surface area is 119 Å². The Hall–Kier alpha value is -1.59. The van der Waals surface area contributed by atoms with Gasteiger partial charge in [-0.1, -0.05) is 11.8 Å². The molecule has 0 bridgehead atoms. The molecule has 0 radical (unpaired) electrons. The predicted octanol–water partition coefficient (Wildman–Crippen LogP) is -0.0699. The number of nitrogens with two attached hydrogens (primary N) is 1. The van der Waals surface area contributed by atoms with Crippen LogP contribution in [-0.4, -0.2) is 42.3 Å². The summed E-state index contributed by atoms with van der Waals surface area (Å²) in [5.41, 5.74) is 5.79. The van der Waals surface area contributed by atoms with E-state index >= 15 is 0 Å². The van der Waals surface area contributed by atoms with Gasteiger partial charge in [0.15, 0.2) is 0 Å². The molecule has 0 unspecified atom stereocenters. The van der Waals surface area contributed by atoms with E-state index in [9.17, 15) is 8.42 Å². The van der Waals surface area contributed by atoms with Gasteiger partial charge in [0.05, 0.1) is 30.7 Å². The molecule has 6 nitrogen and oxygen atoms in total. The van der Waals surface area contributed by atoms with Crippen molar-refractivity contribution in [3.8, 4) is 17.6 Å². The standard InChI is InChI=1S/C13H18N2O4S/c1-18-9-8-15-20(16,17)12-5-6-13(19-2)11(10-12)4-3-7-14/h5-6,10,15H,7-9,14H2,1-2H3. The summed E-state index contributed by atoms with van der Waals surface area (Å²) in [5, 5.41) is 0. The summed E-state index contributed by atoms with van der Waals surface area (Å²) in [5.74, 6) is 5.96. The van der Waals surface area contributed by atoms with Crippen LogP contribution in [0.5, 0.6) is 5.75 Å². The molecule has 1 aromatic carbocycles. The Morgan fingerprint density at radius 3 is 2.70 bits per heavy atom. The normalized spacial score (nSPS) is 10.8. The fourth-order valence-corrected chi connectivity index (χ4v) is 2.50. The third-order valence-electron chi connectivity index (χ3n) is 2.40. The number of sulfonamides is 1.